The Kier molecular flexibility index (Phi) is 4.76. The van der Waals surface area contributed by atoms with Crippen molar-refractivity contribution in [1.82, 2.24) is 19.4 Å². The van der Waals surface area contributed by atoms with Gasteiger partial charge in [-0.15, -0.1) is 0 Å². The normalized spacial score (nSPS) is 20.0. The summed E-state index contributed by atoms with van der Waals surface area (Å²) < 4.78 is 2.20. The van der Waals surface area contributed by atoms with Crippen molar-refractivity contribution < 1.29 is 0 Å². The summed E-state index contributed by atoms with van der Waals surface area (Å²) in [6.45, 7) is 16.0. The summed E-state index contributed by atoms with van der Waals surface area (Å²) in [6.07, 6.45) is 0. The molecule has 0 spiro atoms. The zero-order chi connectivity index (χ0) is 15.8. The van der Waals surface area contributed by atoms with Crippen LogP contribution in [0.15, 0.2) is 0 Å². The van der Waals surface area contributed by atoms with Crippen molar-refractivity contribution in [2.75, 3.05) is 32.7 Å². The standard InChI is InChI=1S/C16H31N5/c1-12-15(19(6)13(2)18-12)14(11-17)20-7-9-21(10-8-20)16(3,4)5/h14H,7-11,17H2,1-6H3. The van der Waals surface area contributed by atoms with Crippen LogP contribution >= 0.6 is 0 Å². The average Bonchev–Trinajstić information content (AvgIpc) is 2.66. The van der Waals surface area contributed by atoms with Crippen molar-refractivity contribution in [3.8, 4) is 0 Å². The number of aryl methyl sites for hydroxylation is 2. The van der Waals surface area contributed by atoms with E-state index in [1.165, 1.54) is 5.69 Å². The van der Waals surface area contributed by atoms with Crippen LogP contribution in [-0.2, 0) is 7.05 Å². The Balaban J connectivity index is 2.13. The molecule has 1 aliphatic rings. The predicted molar refractivity (Wildman–Crippen MR) is 87.4 cm³/mol. The lowest BCUT2D eigenvalue weighted by Gasteiger charge is -2.44. The second-order valence-electron chi connectivity index (χ2n) is 7.13. The molecule has 1 unspecified atom stereocenters. The molecule has 21 heavy (non-hydrogen) atoms. The largest absolute Gasteiger partial charge is 0.334 e. The fraction of sp³-hybridized carbons (Fsp3) is 0.812. The first-order valence-corrected chi connectivity index (χ1v) is 7.94. The van der Waals surface area contributed by atoms with E-state index in [0.29, 0.717) is 6.54 Å². The van der Waals surface area contributed by atoms with Crippen LogP contribution < -0.4 is 5.73 Å². The van der Waals surface area contributed by atoms with E-state index in [2.05, 4.69) is 61.0 Å². The summed E-state index contributed by atoms with van der Waals surface area (Å²) in [6, 6.07) is 0.276. The minimum Gasteiger partial charge on any atom is -0.334 e. The quantitative estimate of drug-likeness (QED) is 0.916. The minimum absolute atomic E-state index is 0.253. The molecule has 2 heterocycles. The number of hydrogen-bond donors (Lipinski definition) is 1. The van der Waals surface area contributed by atoms with Gasteiger partial charge in [0.2, 0.25) is 0 Å². The van der Waals surface area contributed by atoms with Gasteiger partial charge in [0.1, 0.15) is 5.82 Å². The second-order valence-corrected chi connectivity index (χ2v) is 7.13. The zero-order valence-corrected chi connectivity index (χ0v) is 14.5. The van der Waals surface area contributed by atoms with E-state index < -0.39 is 0 Å². The molecule has 1 aromatic heterocycles. The molecule has 1 aromatic rings. The Morgan fingerprint density at radius 1 is 1.14 bits per heavy atom. The van der Waals surface area contributed by atoms with E-state index >= 15 is 0 Å². The highest BCUT2D eigenvalue weighted by Crippen LogP contribution is 2.26. The van der Waals surface area contributed by atoms with Gasteiger partial charge in [0.15, 0.2) is 0 Å². The van der Waals surface area contributed by atoms with Gasteiger partial charge in [-0.05, 0) is 34.6 Å². The lowest BCUT2D eigenvalue weighted by Crippen LogP contribution is -2.54. The molecule has 120 valence electrons. The Hall–Kier alpha value is -0.910. The topological polar surface area (TPSA) is 50.3 Å². The lowest BCUT2D eigenvalue weighted by atomic mass is 10.0. The SMILES string of the molecule is Cc1nc(C)n(C)c1C(CN)N1CCN(C(C)(C)C)CC1. The molecule has 2 N–H and O–H groups in total. The summed E-state index contributed by atoms with van der Waals surface area (Å²) in [5, 5.41) is 0. The van der Waals surface area contributed by atoms with Crippen molar-refractivity contribution in [2.24, 2.45) is 12.8 Å². The predicted octanol–water partition coefficient (Wildman–Crippen LogP) is 1.45. The summed E-state index contributed by atoms with van der Waals surface area (Å²) in [4.78, 5) is 9.67. The molecule has 1 saturated heterocycles. The molecular formula is C16H31N5. The van der Waals surface area contributed by atoms with E-state index in [4.69, 9.17) is 5.73 Å². The minimum atomic E-state index is 0.253. The maximum atomic E-state index is 6.11. The van der Waals surface area contributed by atoms with Gasteiger partial charge < -0.3 is 10.3 Å². The molecule has 0 amide bonds. The third-order valence-electron chi connectivity index (χ3n) is 4.79. The molecule has 0 radical (unpaired) electrons. The molecule has 1 aliphatic heterocycles. The van der Waals surface area contributed by atoms with Gasteiger partial charge in [-0.3, -0.25) is 9.80 Å². The number of imidazole rings is 1. The van der Waals surface area contributed by atoms with E-state index in [1.807, 2.05) is 0 Å². The highest BCUT2D eigenvalue weighted by molar-refractivity contribution is 5.20. The zero-order valence-electron chi connectivity index (χ0n) is 14.5. The Morgan fingerprint density at radius 2 is 1.71 bits per heavy atom. The molecule has 0 bridgehead atoms. The molecule has 0 aromatic carbocycles. The highest BCUT2D eigenvalue weighted by atomic mass is 15.3. The molecule has 0 aliphatic carbocycles. The van der Waals surface area contributed by atoms with Crippen LogP contribution in [-0.4, -0.2) is 57.6 Å². The smallest absolute Gasteiger partial charge is 0.105 e. The summed E-state index contributed by atoms with van der Waals surface area (Å²) >= 11 is 0. The number of piperazine rings is 1. The summed E-state index contributed by atoms with van der Waals surface area (Å²) in [5.41, 5.74) is 8.75. The van der Waals surface area contributed by atoms with E-state index in [1.54, 1.807) is 0 Å². The molecule has 1 fully saturated rings. The van der Waals surface area contributed by atoms with Gasteiger partial charge in [0.25, 0.3) is 0 Å². The Labute approximate surface area is 129 Å². The summed E-state index contributed by atoms with van der Waals surface area (Å²) in [5.74, 6) is 1.06. The number of rotatable bonds is 3. The van der Waals surface area contributed by atoms with Crippen LogP contribution in [0.3, 0.4) is 0 Å². The molecule has 5 nitrogen and oxygen atoms in total. The van der Waals surface area contributed by atoms with Crippen molar-refractivity contribution >= 4 is 0 Å². The van der Waals surface area contributed by atoms with Crippen molar-refractivity contribution in [1.29, 1.82) is 0 Å². The van der Waals surface area contributed by atoms with E-state index in [9.17, 15) is 0 Å². The van der Waals surface area contributed by atoms with Crippen LogP contribution in [0.2, 0.25) is 0 Å². The third kappa shape index (κ3) is 3.30. The van der Waals surface area contributed by atoms with Crippen molar-refractivity contribution in [2.45, 2.75) is 46.2 Å². The van der Waals surface area contributed by atoms with Crippen molar-refractivity contribution in [3.63, 3.8) is 0 Å². The third-order valence-corrected chi connectivity index (χ3v) is 4.79. The molecule has 2 rings (SSSR count). The van der Waals surface area contributed by atoms with Crippen molar-refractivity contribution in [3.05, 3.63) is 17.2 Å². The fourth-order valence-electron chi connectivity index (χ4n) is 3.39. The molecule has 0 saturated carbocycles. The molecular weight excluding hydrogens is 262 g/mol. The first kappa shape index (κ1) is 16.5. The molecule has 5 heteroatoms. The van der Waals surface area contributed by atoms with E-state index in [-0.39, 0.29) is 11.6 Å². The van der Waals surface area contributed by atoms with E-state index in [0.717, 1.165) is 37.7 Å². The monoisotopic (exact) mass is 293 g/mol. The maximum absolute atomic E-state index is 6.11. The first-order chi connectivity index (χ1) is 9.75. The van der Waals surface area contributed by atoms with Gasteiger partial charge in [-0.25, -0.2) is 4.98 Å². The van der Waals surface area contributed by atoms with Gasteiger partial charge in [0, 0.05) is 45.3 Å². The molecule has 1 atom stereocenters. The second kappa shape index (κ2) is 6.07. The van der Waals surface area contributed by atoms with Crippen LogP contribution in [0.1, 0.15) is 44.0 Å². The first-order valence-electron chi connectivity index (χ1n) is 7.94. The fourth-order valence-corrected chi connectivity index (χ4v) is 3.39. The number of hydrogen-bond acceptors (Lipinski definition) is 4. The lowest BCUT2D eigenvalue weighted by molar-refractivity contribution is 0.0417. The summed E-state index contributed by atoms with van der Waals surface area (Å²) in [7, 11) is 2.10. The highest BCUT2D eigenvalue weighted by Gasteiger charge is 2.31. The number of nitrogens with two attached hydrogens (primary N) is 1. The maximum Gasteiger partial charge on any atom is 0.105 e. The van der Waals surface area contributed by atoms with Crippen LogP contribution in [0, 0.1) is 13.8 Å². The Bertz CT molecular complexity index is 478. The number of aromatic nitrogens is 2. The van der Waals surface area contributed by atoms with Gasteiger partial charge >= 0.3 is 0 Å². The average molecular weight is 293 g/mol. The number of nitrogens with zero attached hydrogens (tertiary/aromatic N) is 4. The Morgan fingerprint density at radius 3 is 2.10 bits per heavy atom. The van der Waals surface area contributed by atoms with Crippen LogP contribution in [0.4, 0.5) is 0 Å². The van der Waals surface area contributed by atoms with Crippen LogP contribution in [0.25, 0.3) is 0 Å². The van der Waals surface area contributed by atoms with Gasteiger partial charge in [0.05, 0.1) is 17.4 Å². The van der Waals surface area contributed by atoms with Gasteiger partial charge in [-0.2, -0.15) is 0 Å². The van der Waals surface area contributed by atoms with Crippen LogP contribution in [0.5, 0.6) is 0 Å². The van der Waals surface area contributed by atoms with Gasteiger partial charge in [-0.1, -0.05) is 0 Å².